The number of carbonyl (C=O) groups is 1. The molecule has 27 heavy (non-hydrogen) atoms. The van der Waals surface area contributed by atoms with Crippen LogP contribution in [0.1, 0.15) is 40.0 Å². The van der Waals surface area contributed by atoms with E-state index < -0.39 is 0 Å². The standard InChI is InChI=1S/C23H23BrN2O/c1-16-10-12-19(13-11-16)23(27)26-20-7-5-6-18(14-20)15-25-17(2)21-8-3-4-9-22(21)24/h3-14,17,25H,15H2,1-2H3,(H,26,27)/t17-/m1/s1. The van der Waals surface area contributed by atoms with Crippen LogP contribution in [0.4, 0.5) is 5.69 Å². The first kappa shape index (κ1) is 19.3. The van der Waals surface area contributed by atoms with Gasteiger partial charge in [-0.05, 0) is 55.3 Å². The van der Waals surface area contributed by atoms with Crippen molar-refractivity contribution in [3.63, 3.8) is 0 Å². The lowest BCUT2D eigenvalue weighted by atomic mass is 10.1. The van der Waals surface area contributed by atoms with E-state index in [9.17, 15) is 4.79 Å². The van der Waals surface area contributed by atoms with Gasteiger partial charge in [-0.1, -0.05) is 64.0 Å². The summed E-state index contributed by atoms with van der Waals surface area (Å²) in [5, 5.41) is 6.50. The Bertz CT molecular complexity index is 922. The van der Waals surface area contributed by atoms with Crippen molar-refractivity contribution in [2.75, 3.05) is 5.32 Å². The molecule has 3 rings (SSSR count). The van der Waals surface area contributed by atoms with Crippen molar-refractivity contribution in [3.8, 4) is 0 Å². The van der Waals surface area contributed by atoms with E-state index in [0.717, 1.165) is 27.8 Å². The summed E-state index contributed by atoms with van der Waals surface area (Å²) in [6.45, 7) is 4.87. The summed E-state index contributed by atoms with van der Waals surface area (Å²) in [5.41, 5.74) is 4.94. The highest BCUT2D eigenvalue weighted by Crippen LogP contribution is 2.23. The molecule has 0 aliphatic heterocycles. The Morgan fingerprint density at radius 1 is 1.00 bits per heavy atom. The zero-order valence-corrected chi connectivity index (χ0v) is 17.1. The number of carbonyl (C=O) groups excluding carboxylic acids is 1. The Hall–Kier alpha value is -2.43. The first-order valence-corrected chi connectivity index (χ1v) is 9.77. The minimum atomic E-state index is -0.0957. The van der Waals surface area contributed by atoms with E-state index in [4.69, 9.17) is 0 Å². The minimum Gasteiger partial charge on any atom is -0.322 e. The molecular weight excluding hydrogens is 400 g/mol. The predicted molar refractivity (Wildman–Crippen MR) is 115 cm³/mol. The molecule has 0 radical (unpaired) electrons. The second kappa shape index (κ2) is 8.98. The number of anilines is 1. The topological polar surface area (TPSA) is 41.1 Å². The summed E-state index contributed by atoms with van der Waals surface area (Å²) >= 11 is 3.60. The number of amides is 1. The predicted octanol–water partition coefficient (Wildman–Crippen LogP) is 5.86. The average molecular weight is 423 g/mol. The molecule has 138 valence electrons. The van der Waals surface area contributed by atoms with Crippen LogP contribution in [-0.4, -0.2) is 5.91 Å². The summed E-state index contributed by atoms with van der Waals surface area (Å²) < 4.78 is 1.10. The SMILES string of the molecule is Cc1ccc(C(=O)Nc2cccc(CN[C@H](C)c3ccccc3Br)c2)cc1. The Labute approximate surface area is 168 Å². The van der Waals surface area contributed by atoms with Crippen LogP contribution in [0, 0.1) is 6.92 Å². The van der Waals surface area contributed by atoms with Gasteiger partial charge < -0.3 is 10.6 Å². The highest BCUT2D eigenvalue weighted by atomic mass is 79.9. The van der Waals surface area contributed by atoms with Gasteiger partial charge in [0, 0.05) is 28.3 Å². The number of hydrogen-bond acceptors (Lipinski definition) is 2. The third-order valence-corrected chi connectivity index (χ3v) is 5.20. The van der Waals surface area contributed by atoms with Crippen LogP contribution in [0.5, 0.6) is 0 Å². The molecular formula is C23H23BrN2O. The average Bonchev–Trinajstić information content (AvgIpc) is 2.67. The number of nitrogens with one attached hydrogen (secondary N) is 2. The molecule has 3 aromatic carbocycles. The number of rotatable bonds is 6. The summed E-state index contributed by atoms with van der Waals surface area (Å²) in [5.74, 6) is -0.0957. The molecule has 0 saturated carbocycles. The third-order valence-electron chi connectivity index (χ3n) is 4.48. The highest BCUT2D eigenvalue weighted by Gasteiger charge is 2.09. The molecule has 0 bridgehead atoms. The van der Waals surface area contributed by atoms with Crippen molar-refractivity contribution in [2.24, 2.45) is 0 Å². The molecule has 0 unspecified atom stereocenters. The molecule has 0 heterocycles. The second-order valence-corrected chi connectivity index (χ2v) is 7.50. The minimum absolute atomic E-state index is 0.0957. The Balaban J connectivity index is 1.62. The van der Waals surface area contributed by atoms with Gasteiger partial charge in [0.2, 0.25) is 0 Å². The lowest BCUT2D eigenvalue weighted by Gasteiger charge is -2.16. The Morgan fingerprint density at radius 3 is 2.48 bits per heavy atom. The van der Waals surface area contributed by atoms with Crippen molar-refractivity contribution >= 4 is 27.5 Å². The van der Waals surface area contributed by atoms with E-state index in [1.54, 1.807) is 0 Å². The van der Waals surface area contributed by atoms with Crippen molar-refractivity contribution in [1.29, 1.82) is 0 Å². The molecule has 1 atom stereocenters. The van der Waals surface area contributed by atoms with Gasteiger partial charge in [0.05, 0.1) is 0 Å². The van der Waals surface area contributed by atoms with E-state index in [1.807, 2.05) is 61.5 Å². The zero-order chi connectivity index (χ0) is 19.2. The lowest BCUT2D eigenvalue weighted by Crippen LogP contribution is -2.18. The third kappa shape index (κ3) is 5.28. The quantitative estimate of drug-likeness (QED) is 0.521. The van der Waals surface area contributed by atoms with E-state index >= 15 is 0 Å². The highest BCUT2D eigenvalue weighted by molar-refractivity contribution is 9.10. The number of benzene rings is 3. The van der Waals surface area contributed by atoms with Crippen molar-refractivity contribution in [2.45, 2.75) is 26.4 Å². The van der Waals surface area contributed by atoms with E-state index in [-0.39, 0.29) is 11.9 Å². The maximum Gasteiger partial charge on any atom is 0.255 e. The van der Waals surface area contributed by atoms with E-state index in [2.05, 4.69) is 51.7 Å². The van der Waals surface area contributed by atoms with E-state index in [1.165, 1.54) is 5.56 Å². The normalized spacial score (nSPS) is 11.8. The van der Waals surface area contributed by atoms with Crippen LogP contribution < -0.4 is 10.6 Å². The van der Waals surface area contributed by atoms with Crippen LogP contribution >= 0.6 is 15.9 Å². The van der Waals surface area contributed by atoms with Crippen LogP contribution in [0.15, 0.2) is 77.3 Å². The molecule has 0 aromatic heterocycles. The Morgan fingerprint density at radius 2 is 1.74 bits per heavy atom. The van der Waals surface area contributed by atoms with Crippen LogP contribution in [0.25, 0.3) is 0 Å². The number of halogens is 1. The first-order valence-electron chi connectivity index (χ1n) is 8.97. The smallest absolute Gasteiger partial charge is 0.255 e. The van der Waals surface area contributed by atoms with Gasteiger partial charge in [-0.2, -0.15) is 0 Å². The largest absolute Gasteiger partial charge is 0.322 e. The zero-order valence-electron chi connectivity index (χ0n) is 15.5. The molecule has 4 heteroatoms. The van der Waals surface area contributed by atoms with Gasteiger partial charge >= 0.3 is 0 Å². The van der Waals surface area contributed by atoms with Gasteiger partial charge in [-0.25, -0.2) is 0 Å². The number of aryl methyl sites for hydroxylation is 1. The van der Waals surface area contributed by atoms with Gasteiger partial charge in [0.15, 0.2) is 0 Å². The van der Waals surface area contributed by atoms with Crippen LogP contribution in [0.3, 0.4) is 0 Å². The molecule has 3 aromatic rings. The van der Waals surface area contributed by atoms with Gasteiger partial charge in [-0.15, -0.1) is 0 Å². The van der Waals surface area contributed by atoms with Gasteiger partial charge in [0.25, 0.3) is 5.91 Å². The molecule has 1 amide bonds. The molecule has 0 saturated heterocycles. The Kier molecular flexibility index (Phi) is 6.43. The second-order valence-electron chi connectivity index (χ2n) is 6.64. The van der Waals surface area contributed by atoms with Gasteiger partial charge in [-0.3, -0.25) is 4.79 Å². The fourth-order valence-corrected chi connectivity index (χ4v) is 3.50. The molecule has 3 nitrogen and oxygen atoms in total. The maximum absolute atomic E-state index is 12.4. The van der Waals surface area contributed by atoms with E-state index in [0.29, 0.717) is 5.56 Å². The first-order chi connectivity index (χ1) is 13.0. The summed E-state index contributed by atoms with van der Waals surface area (Å²) in [4.78, 5) is 12.4. The summed E-state index contributed by atoms with van der Waals surface area (Å²) in [7, 11) is 0. The summed E-state index contributed by atoms with van der Waals surface area (Å²) in [6, 6.07) is 23.9. The molecule has 0 aliphatic carbocycles. The van der Waals surface area contributed by atoms with Crippen LogP contribution in [-0.2, 0) is 6.54 Å². The van der Waals surface area contributed by atoms with Crippen molar-refractivity contribution in [1.82, 2.24) is 5.32 Å². The van der Waals surface area contributed by atoms with Crippen LogP contribution in [0.2, 0.25) is 0 Å². The number of hydrogen-bond donors (Lipinski definition) is 2. The molecule has 2 N–H and O–H groups in total. The lowest BCUT2D eigenvalue weighted by molar-refractivity contribution is 0.102. The molecule has 0 fully saturated rings. The van der Waals surface area contributed by atoms with Crippen molar-refractivity contribution < 1.29 is 4.79 Å². The summed E-state index contributed by atoms with van der Waals surface area (Å²) in [6.07, 6.45) is 0. The van der Waals surface area contributed by atoms with Gasteiger partial charge in [0.1, 0.15) is 0 Å². The maximum atomic E-state index is 12.4. The molecule has 0 spiro atoms. The fourth-order valence-electron chi connectivity index (χ4n) is 2.87. The fraction of sp³-hybridized carbons (Fsp3) is 0.174. The van der Waals surface area contributed by atoms with Crippen molar-refractivity contribution in [3.05, 3.63) is 99.5 Å². The molecule has 0 aliphatic rings. The monoisotopic (exact) mass is 422 g/mol.